The summed E-state index contributed by atoms with van der Waals surface area (Å²) >= 11 is 0. The van der Waals surface area contributed by atoms with Crippen molar-refractivity contribution in [2.75, 3.05) is 27.2 Å². The lowest BCUT2D eigenvalue weighted by Gasteiger charge is -2.23. The lowest BCUT2D eigenvalue weighted by molar-refractivity contribution is -0.142. The van der Waals surface area contributed by atoms with Crippen molar-refractivity contribution < 1.29 is 14.3 Å². The van der Waals surface area contributed by atoms with Crippen LogP contribution >= 0.6 is 12.4 Å². The topological polar surface area (TPSA) is 84.7 Å². The van der Waals surface area contributed by atoms with Gasteiger partial charge in [-0.15, -0.1) is 12.4 Å². The summed E-state index contributed by atoms with van der Waals surface area (Å²) in [5, 5.41) is 2.57. The molecule has 1 fully saturated rings. The van der Waals surface area contributed by atoms with Crippen LogP contribution in [0.1, 0.15) is 19.8 Å². The van der Waals surface area contributed by atoms with Crippen LogP contribution in [-0.2, 0) is 14.3 Å². The van der Waals surface area contributed by atoms with Crippen molar-refractivity contribution in [3.63, 3.8) is 0 Å². The molecule has 0 aliphatic carbocycles. The zero-order valence-corrected chi connectivity index (χ0v) is 12.5. The van der Waals surface area contributed by atoms with Gasteiger partial charge in [0.15, 0.2) is 0 Å². The smallest absolute Gasteiger partial charge is 0.251 e. The summed E-state index contributed by atoms with van der Waals surface area (Å²) in [5.74, 6) is -0.362. The number of rotatable bonds is 5. The molecule has 1 saturated heterocycles. The predicted octanol–water partition coefficient (Wildman–Crippen LogP) is -0.245. The fraction of sp³-hybridized carbons (Fsp3) is 0.833. The molecule has 1 aliphatic heterocycles. The molecular weight excluding hydrogens is 270 g/mol. The molecule has 19 heavy (non-hydrogen) atoms. The van der Waals surface area contributed by atoms with Gasteiger partial charge in [0, 0.05) is 27.2 Å². The molecule has 6 nitrogen and oxygen atoms in total. The van der Waals surface area contributed by atoms with Gasteiger partial charge in [0.05, 0.1) is 12.0 Å². The van der Waals surface area contributed by atoms with Crippen molar-refractivity contribution in [2.24, 2.45) is 11.7 Å². The number of halogens is 1. The summed E-state index contributed by atoms with van der Waals surface area (Å²) in [6.07, 6.45) is 1.12. The zero-order valence-electron chi connectivity index (χ0n) is 11.7. The van der Waals surface area contributed by atoms with Gasteiger partial charge >= 0.3 is 0 Å². The maximum Gasteiger partial charge on any atom is 0.251 e. The third-order valence-electron chi connectivity index (χ3n) is 3.26. The molecule has 0 radical (unpaired) electrons. The molecule has 0 bridgehead atoms. The van der Waals surface area contributed by atoms with E-state index in [1.165, 1.54) is 0 Å². The Morgan fingerprint density at radius 2 is 2.11 bits per heavy atom. The molecule has 7 heteroatoms. The van der Waals surface area contributed by atoms with Gasteiger partial charge < -0.3 is 20.7 Å². The number of hydrogen-bond acceptors (Lipinski definition) is 4. The molecule has 0 aromatic heterocycles. The van der Waals surface area contributed by atoms with Crippen LogP contribution in [0.2, 0.25) is 0 Å². The van der Waals surface area contributed by atoms with E-state index in [1.54, 1.807) is 25.9 Å². The van der Waals surface area contributed by atoms with Crippen LogP contribution in [0.5, 0.6) is 0 Å². The Hall–Kier alpha value is -0.850. The van der Waals surface area contributed by atoms with E-state index in [0.29, 0.717) is 19.5 Å². The molecule has 0 spiro atoms. The second-order valence-electron chi connectivity index (χ2n) is 4.79. The highest BCUT2D eigenvalue weighted by Gasteiger charge is 2.32. The highest BCUT2D eigenvalue weighted by molar-refractivity contribution is 5.85. The molecule has 1 heterocycles. The number of nitrogens with zero attached hydrogens (tertiary/aromatic N) is 1. The maximum atomic E-state index is 12.1. The summed E-state index contributed by atoms with van der Waals surface area (Å²) in [7, 11) is 3.29. The van der Waals surface area contributed by atoms with Crippen molar-refractivity contribution in [1.29, 1.82) is 0 Å². The van der Waals surface area contributed by atoms with E-state index >= 15 is 0 Å². The number of ether oxygens (including phenoxy) is 1. The Bertz CT molecular complexity index is 315. The average Bonchev–Trinajstić information content (AvgIpc) is 2.85. The van der Waals surface area contributed by atoms with Gasteiger partial charge in [0.25, 0.3) is 5.91 Å². The second kappa shape index (κ2) is 8.35. The molecular formula is C12H24ClN3O3. The van der Waals surface area contributed by atoms with Gasteiger partial charge in [-0.05, 0) is 12.8 Å². The van der Waals surface area contributed by atoms with Gasteiger partial charge in [-0.25, -0.2) is 0 Å². The van der Waals surface area contributed by atoms with E-state index in [9.17, 15) is 9.59 Å². The summed E-state index contributed by atoms with van der Waals surface area (Å²) in [6, 6.07) is 0. The first-order valence-electron chi connectivity index (χ1n) is 6.31. The van der Waals surface area contributed by atoms with Gasteiger partial charge in [0.1, 0.15) is 6.10 Å². The highest BCUT2D eigenvalue weighted by atomic mass is 35.5. The minimum Gasteiger partial charge on any atom is -0.364 e. The summed E-state index contributed by atoms with van der Waals surface area (Å²) < 4.78 is 5.55. The molecule has 2 amide bonds. The third-order valence-corrected chi connectivity index (χ3v) is 3.26. The van der Waals surface area contributed by atoms with E-state index in [2.05, 4.69) is 5.32 Å². The van der Waals surface area contributed by atoms with Crippen LogP contribution in [-0.4, -0.2) is 56.1 Å². The minimum absolute atomic E-state index is 0. The largest absolute Gasteiger partial charge is 0.364 e. The fourth-order valence-corrected chi connectivity index (χ4v) is 2.14. The molecule has 3 atom stereocenters. The highest BCUT2D eigenvalue weighted by Crippen LogP contribution is 2.20. The molecule has 0 aromatic carbocycles. The van der Waals surface area contributed by atoms with Crippen molar-refractivity contribution in [1.82, 2.24) is 10.2 Å². The lowest BCUT2D eigenvalue weighted by atomic mass is 10.1. The van der Waals surface area contributed by atoms with Crippen molar-refractivity contribution in [3.8, 4) is 0 Å². The minimum atomic E-state index is -0.402. The van der Waals surface area contributed by atoms with Crippen molar-refractivity contribution >= 4 is 24.2 Å². The molecule has 1 rings (SSSR count). The summed E-state index contributed by atoms with van der Waals surface area (Å²) in [6.45, 7) is 2.63. The predicted molar refractivity (Wildman–Crippen MR) is 75.1 cm³/mol. The fourth-order valence-electron chi connectivity index (χ4n) is 2.14. The van der Waals surface area contributed by atoms with E-state index in [-0.39, 0.29) is 36.2 Å². The zero-order chi connectivity index (χ0) is 13.7. The lowest BCUT2D eigenvalue weighted by Crippen LogP contribution is -2.42. The van der Waals surface area contributed by atoms with E-state index < -0.39 is 6.10 Å². The van der Waals surface area contributed by atoms with Crippen LogP contribution in [0.25, 0.3) is 0 Å². The Labute approximate surface area is 120 Å². The van der Waals surface area contributed by atoms with Crippen LogP contribution in [0.3, 0.4) is 0 Å². The van der Waals surface area contributed by atoms with Gasteiger partial charge in [-0.2, -0.15) is 0 Å². The first-order valence-corrected chi connectivity index (χ1v) is 6.31. The summed E-state index contributed by atoms with van der Waals surface area (Å²) in [4.78, 5) is 25.0. The Balaban J connectivity index is 0.00000324. The number of likely N-dealkylation sites (N-methyl/N-ethyl adjacent to an activating group) is 1. The van der Waals surface area contributed by atoms with Crippen molar-refractivity contribution in [3.05, 3.63) is 0 Å². The van der Waals surface area contributed by atoms with E-state index in [1.807, 2.05) is 0 Å². The van der Waals surface area contributed by atoms with Crippen LogP contribution < -0.4 is 11.1 Å². The second-order valence-corrected chi connectivity index (χ2v) is 4.79. The number of carbonyl (C=O) groups excluding carboxylic acids is 2. The molecule has 112 valence electrons. The molecule has 0 aromatic rings. The maximum absolute atomic E-state index is 12.1. The van der Waals surface area contributed by atoms with Crippen LogP contribution in [0, 0.1) is 5.92 Å². The van der Waals surface area contributed by atoms with Crippen LogP contribution in [0.4, 0.5) is 0 Å². The first-order chi connectivity index (χ1) is 8.49. The number of nitrogens with two attached hydrogens (primary N) is 1. The molecule has 0 saturated carbocycles. The summed E-state index contributed by atoms with van der Waals surface area (Å²) in [5.41, 5.74) is 5.51. The quantitative estimate of drug-likeness (QED) is 0.732. The SMILES string of the molecule is CNC(=O)C(C)CN(C)C(=O)[C@@H]1CC[C@H](CN)O1.Cl. The standard InChI is InChI=1S/C12H23N3O3.ClH/c1-8(11(16)14-2)7-15(3)12(17)10-5-4-9(6-13)18-10;/h8-10H,4-7,13H2,1-3H3,(H,14,16);1H/t8?,9-,10+;/m1./s1. The van der Waals surface area contributed by atoms with E-state index in [4.69, 9.17) is 10.5 Å². The van der Waals surface area contributed by atoms with E-state index in [0.717, 1.165) is 6.42 Å². The normalized spacial score (nSPS) is 23.4. The van der Waals surface area contributed by atoms with Crippen molar-refractivity contribution in [2.45, 2.75) is 32.0 Å². The van der Waals surface area contributed by atoms with Crippen LogP contribution in [0.15, 0.2) is 0 Å². The molecule has 1 aliphatic rings. The molecule has 3 N–H and O–H groups in total. The Morgan fingerprint density at radius 3 is 2.58 bits per heavy atom. The average molecular weight is 294 g/mol. The number of hydrogen-bond donors (Lipinski definition) is 2. The Kier molecular flexibility index (Phi) is 7.97. The van der Waals surface area contributed by atoms with Gasteiger partial charge in [-0.1, -0.05) is 6.92 Å². The number of nitrogens with one attached hydrogen (secondary N) is 1. The monoisotopic (exact) mass is 293 g/mol. The first kappa shape index (κ1) is 18.1. The Morgan fingerprint density at radius 1 is 1.47 bits per heavy atom. The van der Waals surface area contributed by atoms with Gasteiger partial charge in [-0.3, -0.25) is 9.59 Å². The number of carbonyl (C=O) groups is 2. The molecule has 1 unspecified atom stereocenters. The number of amides is 2. The van der Waals surface area contributed by atoms with Gasteiger partial charge in [0.2, 0.25) is 5.91 Å². The third kappa shape index (κ3) is 4.97.